The third kappa shape index (κ3) is 5.26. The largest absolute Gasteiger partial charge is 0.466 e. The average Bonchev–Trinajstić information content (AvgIpc) is 3.10. The number of hydrogen-bond donors (Lipinski definition) is 1. The molecule has 1 atom stereocenters. The van der Waals surface area contributed by atoms with Crippen LogP contribution in [0.5, 0.6) is 0 Å². The van der Waals surface area contributed by atoms with Crippen LogP contribution in [-0.4, -0.2) is 18.5 Å². The summed E-state index contributed by atoms with van der Waals surface area (Å²) in [5, 5.41) is 2.84. The van der Waals surface area contributed by atoms with Gasteiger partial charge >= 0.3 is 5.97 Å². The predicted molar refractivity (Wildman–Crippen MR) is 90.6 cm³/mol. The highest BCUT2D eigenvalue weighted by Gasteiger charge is 2.21. The van der Waals surface area contributed by atoms with E-state index in [-0.39, 0.29) is 24.1 Å². The molecule has 0 aliphatic rings. The first-order valence-corrected chi connectivity index (χ1v) is 8.16. The summed E-state index contributed by atoms with van der Waals surface area (Å²) in [7, 11) is 0. The van der Waals surface area contributed by atoms with Crippen molar-refractivity contribution >= 4 is 11.9 Å². The van der Waals surface area contributed by atoms with Crippen LogP contribution < -0.4 is 5.32 Å². The Morgan fingerprint density at radius 3 is 2.58 bits per heavy atom. The fraction of sp³-hybridized carbons (Fsp3) is 0.368. The van der Waals surface area contributed by atoms with Crippen molar-refractivity contribution in [3.05, 3.63) is 59.5 Å². The molecule has 5 nitrogen and oxygen atoms in total. The van der Waals surface area contributed by atoms with Crippen molar-refractivity contribution in [3.8, 4) is 0 Å². The van der Waals surface area contributed by atoms with Crippen LogP contribution in [0.25, 0.3) is 0 Å². The lowest BCUT2D eigenvalue weighted by Crippen LogP contribution is -2.30. The third-order valence-corrected chi connectivity index (χ3v) is 3.66. The Kier molecular flexibility index (Phi) is 6.61. The number of unbranched alkanes of at least 4 members (excludes halogenated alkanes) is 1. The first-order chi connectivity index (χ1) is 11.6. The number of benzene rings is 1. The van der Waals surface area contributed by atoms with Gasteiger partial charge in [-0.3, -0.25) is 9.59 Å². The quantitative estimate of drug-likeness (QED) is 0.591. The van der Waals surface area contributed by atoms with Crippen LogP contribution >= 0.6 is 0 Å². The SMILES string of the molecule is CCCCOC(=O)CC(NC(=O)c1ccco1)c1ccc(C)cc1. The first kappa shape index (κ1) is 17.8. The van der Waals surface area contributed by atoms with E-state index in [0.717, 1.165) is 24.0 Å². The molecule has 5 heteroatoms. The first-order valence-electron chi connectivity index (χ1n) is 8.16. The van der Waals surface area contributed by atoms with Crippen LogP contribution in [0.1, 0.15) is 53.9 Å². The highest BCUT2D eigenvalue weighted by atomic mass is 16.5. The van der Waals surface area contributed by atoms with E-state index in [2.05, 4.69) is 5.32 Å². The van der Waals surface area contributed by atoms with E-state index in [0.29, 0.717) is 6.61 Å². The molecule has 1 N–H and O–H groups in total. The Morgan fingerprint density at radius 2 is 1.96 bits per heavy atom. The molecular formula is C19H23NO4. The van der Waals surface area contributed by atoms with Crippen molar-refractivity contribution in [2.45, 2.75) is 39.2 Å². The fourth-order valence-electron chi connectivity index (χ4n) is 2.24. The van der Waals surface area contributed by atoms with Gasteiger partial charge in [-0.25, -0.2) is 0 Å². The van der Waals surface area contributed by atoms with Gasteiger partial charge in [0.2, 0.25) is 0 Å². The van der Waals surface area contributed by atoms with E-state index in [9.17, 15) is 9.59 Å². The number of hydrogen-bond acceptors (Lipinski definition) is 4. The predicted octanol–water partition coefficient (Wildman–Crippen LogP) is 3.79. The molecule has 1 aromatic heterocycles. The topological polar surface area (TPSA) is 68.5 Å². The summed E-state index contributed by atoms with van der Waals surface area (Å²) in [5.41, 5.74) is 1.97. The second kappa shape index (κ2) is 8.91. The summed E-state index contributed by atoms with van der Waals surface area (Å²) in [6.07, 6.45) is 3.32. The van der Waals surface area contributed by atoms with Crippen LogP contribution in [0.3, 0.4) is 0 Å². The second-order valence-corrected chi connectivity index (χ2v) is 5.69. The molecule has 0 saturated heterocycles. The van der Waals surface area contributed by atoms with E-state index < -0.39 is 6.04 Å². The maximum Gasteiger partial charge on any atom is 0.308 e. The number of furan rings is 1. The maximum atomic E-state index is 12.2. The zero-order valence-electron chi connectivity index (χ0n) is 14.1. The van der Waals surface area contributed by atoms with Crippen molar-refractivity contribution < 1.29 is 18.7 Å². The summed E-state index contributed by atoms with van der Waals surface area (Å²) in [6.45, 7) is 4.42. The molecule has 24 heavy (non-hydrogen) atoms. The minimum Gasteiger partial charge on any atom is -0.466 e. The van der Waals surface area contributed by atoms with E-state index in [1.54, 1.807) is 12.1 Å². The van der Waals surface area contributed by atoms with E-state index in [1.165, 1.54) is 6.26 Å². The van der Waals surface area contributed by atoms with Gasteiger partial charge in [0.05, 0.1) is 25.3 Å². The van der Waals surface area contributed by atoms with Crippen molar-refractivity contribution in [1.29, 1.82) is 0 Å². The highest BCUT2D eigenvalue weighted by Crippen LogP contribution is 2.19. The Hall–Kier alpha value is -2.56. The zero-order valence-corrected chi connectivity index (χ0v) is 14.1. The second-order valence-electron chi connectivity index (χ2n) is 5.69. The van der Waals surface area contributed by atoms with Crippen molar-refractivity contribution in [1.82, 2.24) is 5.32 Å². The van der Waals surface area contributed by atoms with Crippen molar-refractivity contribution in [2.24, 2.45) is 0 Å². The Bertz CT molecular complexity index is 647. The van der Waals surface area contributed by atoms with Gasteiger partial charge < -0.3 is 14.5 Å². The third-order valence-electron chi connectivity index (χ3n) is 3.66. The monoisotopic (exact) mass is 329 g/mol. The molecule has 1 amide bonds. The molecule has 1 aromatic carbocycles. The van der Waals surface area contributed by atoms with Gasteiger partial charge in [-0.05, 0) is 31.0 Å². The summed E-state index contributed by atoms with van der Waals surface area (Å²) in [6, 6.07) is 10.5. The van der Waals surface area contributed by atoms with Crippen LogP contribution in [0.15, 0.2) is 47.1 Å². The Labute approximate surface area is 142 Å². The number of amides is 1. The van der Waals surface area contributed by atoms with Gasteiger partial charge in [-0.2, -0.15) is 0 Å². The molecule has 0 saturated carbocycles. The van der Waals surface area contributed by atoms with Gasteiger partial charge in [0.1, 0.15) is 0 Å². The molecule has 0 bridgehead atoms. The summed E-state index contributed by atoms with van der Waals surface area (Å²) >= 11 is 0. The number of carbonyl (C=O) groups is 2. The Balaban J connectivity index is 2.07. The van der Waals surface area contributed by atoms with Gasteiger partial charge in [0.15, 0.2) is 5.76 Å². The summed E-state index contributed by atoms with van der Waals surface area (Å²) < 4.78 is 10.3. The van der Waals surface area contributed by atoms with E-state index >= 15 is 0 Å². The minimum atomic E-state index is -0.461. The molecule has 0 radical (unpaired) electrons. The Morgan fingerprint density at radius 1 is 1.21 bits per heavy atom. The number of esters is 1. The van der Waals surface area contributed by atoms with Crippen LogP contribution in [0, 0.1) is 6.92 Å². The lowest BCUT2D eigenvalue weighted by molar-refractivity contribution is -0.144. The van der Waals surface area contributed by atoms with Crippen molar-refractivity contribution in [3.63, 3.8) is 0 Å². The number of aryl methyl sites for hydroxylation is 1. The molecule has 2 rings (SSSR count). The highest BCUT2D eigenvalue weighted by molar-refractivity contribution is 5.92. The van der Waals surface area contributed by atoms with E-state index in [1.807, 2.05) is 38.1 Å². The maximum absolute atomic E-state index is 12.2. The summed E-state index contributed by atoms with van der Waals surface area (Å²) in [4.78, 5) is 24.3. The van der Waals surface area contributed by atoms with E-state index in [4.69, 9.17) is 9.15 Å². The fourth-order valence-corrected chi connectivity index (χ4v) is 2.24. The zero-order chi connectivity index (χ0) is 17.4. The molecule has 128 valence electrons. The van der Waals surface area contributed by atoms with Crippen LogP contribution in [0.4, 0.5) is 0 Å². The van der Waals surface area contributed by atoms with Gasteiger partial charge in [-0.15, -0.1) is 0 Å². The molecule has 0 aliphatic carbocycles. The van der Waals surface area contributed by atoms with Gasteiger partial charge in [0, 0.05) is 0 Å². The number of carbonyl (C=O) groups excluding carboxylic acids is 2. The smallest absolute Gasteiger partial charge is 0.308 e. The molecule has 0 fully saturated rings. The van der Waals surface area contributed by atoms with Crippen LogP contribution in [0.2, 0.25) is 0 Å². The van der Waals surface area contributed by atoms with Crippen molar-refractivity contribution in [2.75, 3.05) is 6.61 Å². The number of rotatable bonds is 8. The standard InChI is InChI=1S/C19H23NO4/c1-3-4-11-24-18(21)13-16(15-9-7-14(2)8-10-15)20-19(22)17-6-5-12-23-17/h5-10,12,16H,3-4,11,13H2,1-2H3,(H,20,22). The molecule has 0 spiro atoms. The number of ether oxygens (including phenoxy) is 1. The minimum absolute atomic E-state index is 0.0826. The molecule has 1 unspecified atom stereocenters. The molecule has 1 heterocycles. The normalized spacial score (nSPS) is 11.8. The lowest BCUT2D eigenvalue weighted by Gasteiger charge is -2.18. The molecular weight excluding hydrogens is 306 g/mol. The summed E-state index contributed by atoms with van der Waals surface area (Å²) in [5.74, 6) is -0.466. The van der Waals surface area contributed by atoms with Crippen LogP contribution in [-0.2, 0) is 9.53 Å². The lowest BCUT2D eigenvalue weighted by atomic mass is 10.0. The average molecular weight is 329 g/mol. The molecule has 2 aromatic rings. The molecule has 0 aliphatic heterocycles. The van der Waals surface area contributed by atoms with Gasteiger partial charge in [0.25, 0.3) is 5.91 Å². The number of nitrogens with one attached hydrogen (secondary N) is 1. The van der Waals surface area contributed by atoms with Gasteiger partial charge in [-0.1, -0.05) is 43.2 Å².